The Hall–Kier alpha value is -0.0200. The summed E-state index contributed by atoms with van der Waals surface area (Å²) < 4.78 is 3.01. The van der Waals surface area contributed by atoms with Gasteiger partial charge in [-0.1, -0.05) is 0 Å². The Morgan fingerprint density at radius 2 is 2.50 bits per heavy atom. The molecular weight excluding hydrogens is 138 g/mol. The standard InChI is InChI=1S/C5H7NS2/c1-4-2-3-8-6-5(4)7/h2-3,6-7H,1H3. The minimum atomic E-state index is 0.956. The van der Waals surface area contributed by atoms with Crippen molar-refractivity contribution in [3.63, 3.8) is 0 Å². The van der Waals surface area contributed by atoms with Gasteiger partial charge in [0.05, 0.1) is 5.03 Å². The van der Waals surface area contributed by atoms with Gasteiger partial charge < -0.3 is 4.72 Å². The molecule has 8 heavy (non-hydrogen) atoms. The fourth-order valence-corrected chi connectivity index (χ4v) is 1.23. The Bertz CT molecular complexity index is 149. The number of nitrogens with one attached hydrogen (secondary N) is 1. The normalized spacial score (nSPS) is 18.8. The molecule has 0 unspecified atom stereocenters. The molecule has 1 N–H and O–H groups in total. The van der Waals surface area contributed by atoms with E-state index in [9.17, 15) is 0 Å². The molecule has 0 bridgehead atoms. The van der Waals surface area contributed by atoms with Crippen molar-refractivity contribution in [3.8, 4) is 0 Å². The third kappa shape index (κ3) is 1.23. The molecule has 0 aromatic carbocycles. The van der Waals surface area contributed by atoms with Crippen molar-refractivity contribution in [2.45, 2.75) is 6.92 Å². The van der Waals surface area contributed by atoms with Crippen molar-refractivity contribution in [2.75, 3.05) is 0 Å². The summed E-state index contributed by atoms with van der Waals surface area (Å²) in [6.45, 7) is 2.02. The molecule has 1 aliphatic rings. The molecule has 0 radical (unpaired) electrons. The third-order valence-electron chi connectivity index (χ3n) is 0.915. The van der Waals surface area contributed by atoms with Gasteiger partial charge in [-0.25, -0.2) is 0 Å². The number of rotatable bonds is 0. The first-order chi connectivity index (χ1) is 3.80. The van der Waals surface area contributed by atoms with Crippen LogP contribution in [0.3, 0.4) is 0 Å². The maximum Gasteiger partial charge on any atom is 0.0782 e. The van der Waals surface area contributed by atoms with Crippen molar-refractivity contribution in [3.05, 3.63) is 22.1 Å². The quantitative estimate of drug-likeness (QED) is 0.399. The Morgan fingerprint density at radius 3 is 2.88 bits per heavy atom. The maximum absolute atomic E-state index is 4.15. The fourth-order valence-electron chi connectivity index (χ4n) is 0.385. The molecule has 0 amide bonds. The molecule has 0 saturated heterocycles. The zero-order valence-corrected chi connectivity index (χ0v) is 6.22. The second kappa shape index (κ2) is 2.51. The van der Waals surface area contributed by atoms with E-state index >= 15 is 0 Å². The van der Waals surface area contributed by atoms with Gasteiger partial charge in [-0.3, -0.25) is 0 Å². The third-order valence-corrected chi connectivity index (χ3v) is 2.13. The lowest BCUT2D eigenvalue weighted by Gasteiger charge is -2.07. The van der Waals surface area contributed by atoms with Gasteiger partial charge in [-0.05, 0) is 35.9 Å². The summed E-state index contributed by atoms with van der Waals surface area (Å²) in [6, 6.07) is 0. The molecule has 0 fully saturated rings. The smallest absolute Gasteiger partial charge is 0.0782 e. The summed E-state index contributed by atoms with van der Waals surface area (Å²) >= 11 is 5.69. The molecule has 1 aliphatic heterocycles. The van der Waals surface area contributed by atoms with Crippen molar-refractivity contribution in [1.82, 2.24) is 4.72 Å². The zero-order valence-electron chi connectivity index (χ0n) is 4.51. The summed E-state index contributed by atoms with van der Waals surface area (Å²) in [4.78, 5) is 0. The molecule has 3 heteroatoms. The van der Waals surface area contributed by atoms with Gasteiger partial charge in [0.2, 0.25) is 0 Å². The Labute approximate surface area is 58.8 Å². The van der Waals surface area contributed by atoms with Crippen LogP contribution in [0.2, 0.25) is 0 Å². The summed E-state index contributed by atoms with van der Waals surface area (Å²) in [5, 5.41) is 2.95. The summed E-state index contributed by atoms with van der Waals surface area (Å²) in [5.74, 6) is 0. The highest BCUT2D eigenvalue weighted by molar-refractivity contribution is 8.01. The highest BCUT2D eigenvalue weighted by Crippen LogP contribution is 2.16. The van der Waals surface area contributed by atoms with Crippen molar-refractivity contribution in [2.24, 2.45) is 0 Å². The van der Waals surface area contributed by atoms with Crippen LogP contribution in [0.25, 0.3) is 0 Å². The van der Waals surface area contributed by atoms with Crippen LogP contribution in [0.5, 0.6) is 0 Å². The van der Waals surface area contributed by atoms with Crippen LogP contribution in [-0.4, -0.2) is 0 Å². The second-order valence-electron chi connectivity index (χ2n) is 1.55. The fraction of sp³-hybridized carbons (Fsp3) is 0.200. The first kappa shape index (κ1) is 6.11. The summed E-state index contributed by atoms with van der Waals surface area (Å²) in [5.41, 5.74) is 1.19. The summed E-state index contributed by atoms with van der Waals surface area (Å²) in [6.07, 6.45) is 2.03. The van der Waals surface area contributed by atoms with Crippen molar-refractivity contribution < 1.29 is 0 Å². The van der Waals surface area contributed by atoms with E-state index in [2.05, 4.69) is 17.4 Å². The number of hydrogen-bond acceptors (Lipinski definition) is 3. The predicted octanol–water partition coefficient (Wildman–Crippen LogP) is 1.91. The van der Waals surface area contributed by atoms with E-state index in [0.717, 1.165) is 5.03 Å². The van der Waals surface area contributed by atoms with Gasteiger partial charge in [0, 0.05) is 0 Å². The molecule has 1 nitrogen and oxygen atoms in total. The minimum absolute atomic E-state index is 0.956. The number of thiol groups is 1. The predicted molar refractivity (Wildman–Crippen MR) is 41.6 cm³/mol. The van der Waals surface area contributed by atoms with Gasteiger partial charge in [0.1, 0.15) is 0 Å². The highest BCUT2D eigenvalue weighted by Gasteiger charge is 1.96. The van der Waals surface area contributed by atoms with Gasteiger partial charge in [-0.2, -0.15) is 0 Å². The topological polar surface area (TPSA) is 12.0 Å². The largest absolute Gasteiger partial charge is 0.321 e. The Morgan fingerprint density at radius 1 is 1.75 bits per heavy atom. The van der Waals surface area contributed by atoms with Crippen LogP contribution in [0.4, 0.5) is 0 Å². The van der Waals surface area contributed by atoms with E-state index < -0.39 is 0 Å². The first-order valence-corrected chi connectivity index (χ1v) is 3.61. The molecule has 0 aromatic heterocycles. The van der Waals surface area contributed by atoms with E-state index in [-0.39, 0.29) is 0 Å². The Kier molecular flexibility index (Phi) is 1.91. The van der Waals surface area contributed by atoms with Gasteiger partial charge in [0.15, 0.2) is 0 Å². The monoisotopic (exact) mass is 145 g/mol. The van der Waals surface area contributed by atoms with E-state index in [1.54, 1.807) is 11.9 Å². The first-order valence-electron chi connectivity index (χ1n) is 2.29. The minimum Gasteiger partial charge on any atom is -0.321 e. The van der Waals surface area contributed by atoms with Crippen LogP contribution in [-0.2, 0) is 0 Å². The summed E-state index contributed by atoms with van der Waals surface area (Å²) in [7, 11) is 0. The lowest BCUT2D eigenvalue weighted by molar-refractivity contribution is 1.30. The van der Waals surface area contributed by atoms with E-state index in [0.29, 0.717) is 0 Å². The maximum atomic E-state index is 4.15. The van der Waals surface area contributed by atoms with Gasteiger partial charge in [0.25, 0.3) is 0 Å². The van der Waals surface area contributed by atoms with E-state index in [4.69, 9.17) is 0 Å². The lowest BCUT2D eigenvalue weighted by atomic mass is 10.3. The van der Waals surface area contributed by atoms with E-state index in [1.807, 2.05) is 18.4 Å². The molecule has 0 spiro atoms. The number of allylic oxidation sites excluding steroid dienone is 2. The van der Waals surface area contributed by atoms with Crippen LogP contribution < -0.4 is 4.72 Å². The molecule has 0 atom stereocenters. The zero-order chi connectivity index (χ0) is 5.98. The number of hydrogen-bond donors (Lipinski definition) is 2. The average Bonchev–Trinajstić information content (AvgIpc) is 1.77. The van der Waals surface area contributed by atoms with Crippen molar-refractivity contribution in [1.29, 1.82) is 0 Å². The Balaban J connectivity index is 2.76. The second-order valence-corrected chi connectivity index (χ2v) is 2.71. The van der Waals surface area contributed by atoms with Gasteiger partial charge >= 0.3 is 0 Å². The van der Waals surface area contributed by atoms with Gasteiger partial charge in [-0.15, -0.1) is 12.6 Å². The molecule has 1 rings (SSSR count). The molecule has 44 valence electrons. The molecule has 1 heterocycles. The van der Waals surface area contributed by atoms with Crippen molar-refractivity contribution >= 4 is 24.6 Å². The molecule has 0 saturated carbocycles. The van der Waals surface area contributed by atoms with Crippen LogP contribution in [0.15, 0.2) is 22.1 Å². The SMILES string of the molecule is CC1=C(S)NSC=C1. The highest BCUT2D eigenvalue weighted by atomic mass is 32.2. The van der Waals surface area contributed by atoms with E-state index in [1.165, 1.54) is 5.57 Å². The van der Waals surface area contributed by atoms with Crippen LogP contribution in [0.1, 0.15) is 6.92 Å². The van der Waals surface area contributed by atoms with Crippen LogP contribution in [0, 0.1) is 0 Å². The average molecular weight is 145 g/mol. The molecule has 0 aliphatic carbocycles. The molecular formula is C5H7NS2. The van der Waals surface area contributed by atoms with Crippen LogP contribution >= 0.6 is 24.6 Å². The molecule has 0 aromatic rings. The lowest BCUT2D eigenvalue weighted by Crippen LogP contribution is -2.00.